The van der Waals surface area contributed by atoms with Crippen LogP contribution in [0, 0.1) is 0 Å². The second kappa shape index (κ2) is 8.28. The molecule has 2 aromatic heterocycles. The molecule has 0 saturated carbocycles. The molecule has 30 heavy (non-hydrogen) atoms. The van der Waals surface area contributed by atoms with Gasteiger partial charge in [0.2, 0.25) is 5.95 Å². The lowest BCUT2D eigenvalue weighted by molar-refractivity contribution is 0.122. The fourth-order valence-electron chi connectivity index (χ4n) is 3.89. The highest BCUT2D eigenvalue weighted by Gasteiger charge is 2.19. The van der Waals surface area contributed by atoms with Crippen molar-refractivity contribution in [1.29, 1.82) is 0 Å². The molecule has 5 rings (SSSR count). The summed E-state index contributed by atoms with van der Waals surface area (Å²) in [7, 11) is 0. The van der Waals surface area contributed by atoms with E-state index in [0.29, 0.717) is 13.2 Å². The van der Waals surface area contributed by atoms with Crippen LogP contribution in [0.3, 0.4) is 0 Å². The number of imidazole rings is 1. The average molecular weight is 403 g/mol. The molecule has 1 aliphatic rings. The zero-order valence-corrected chi connectivity index (χ0v) is 17.2. The Hall–Kier alpha value is -3.19. The van der Waals surface area contributed by atoms with Crippen molar-refractivity contribution in [3.05, 3.63) is 54.4 Å². The van der Waals surface area contributed by atoms with E-state index in [0.717, 1.165) is 55.5 Å². The van der Waals surface area contributed by atoms with Gasteiger partial charge in [-0.15, -0.1) is 0 Å². The fourth-order valence-corrected chi connectivity index (χ4v) is 3.89. The highest BCUT2D eigenvalue weighted by Crippen LogP contribution is 2.25. The highest BCUT2D eigenvalue weighted by molar-refractivity contribution is 5.85. The topological polar surface area (TPSA) is 68.1 Å². The van der Waals surface area contributed by atoms with E-state index in [2.05, 4.69) is 69.2 Å². The molecule has 7 nitrogen and oxygen atoms in total. The number of fused-ring (bicyclic) bond motifs is 2. The largest absolute Gasteiger partial charge is 0.378 e. The van der Waals surface area contributed by atoms with Gasteiger partial charge in [-0.2, -0.15) is 9.97 Å². The molecule has 1 saturated heterocycles. The molecule has 2 aromatic carbocycles. The van der Waals surface area contributed by atoms with E-state index in [1.165, 1.54) is 16.3 Å². The highest BCUT2D eigenvalue weighted by atomic mass is 16.5. The van der Waals surface area contributed by atoms with Crippen molar-refractivity contribution in [2.75, 3.05) is 43.1 Å². The normalized spacial score (nSPS) is 14.5. The van der Waals surface area contributed by atoms with Gasteiger partial charge in [-0.05, 0) is 28.8 Å². The number of hydrogen-bond donors (Lipinski definition) is 1. The van der Waals surface area contributed by atoms with E-state index in [-0.39, 0.29) is 0 Å². The molecule has 1 fully saturated rings. The smallest absolute Gasteiger partial charge is 0.229 e. The molecule has 0 amide bonds. The van der Waals surface area contributed by atoms with Crippen LogP contribution in [0.15, 0.2) is 48.8 Å². The van der Waals surface area contributed by atoms with Crippen LogP contribution in [-0.4, -0.2) is 52.4 Å². The van der Waals surface area contributed by atoms with Crippen molar-refractivity contribution in [3.8, 4) is 0 Å². The fraction of sp³-hybridized carbons (Fsp3) is 0.348. The number of anilines is 2. The number of ether oxygens (including phenoxy) is 1. The van der Waals surface area contributed by atoms with Gasteiger partial charge >= 0.3 is 0 Å². The maximum atomic E-state index is 5.47. The molecule has 1 aliphatic heterocycles. The Labute approximate surface area is 175 Å². The van der Waals surface area contributed by atoms with Crippen molar-refractivity contribution in [1.82, 2.24) is 19.5 Å². The lowest BCUT2D eigenvalue weighted by Crippen LogP contribution is -2.37. The van der Waals surface area contributed by atoms with Gasteiger partial charge in [0, 0.05) is 26.2 Å². The van der Waals surface area contributed by atoms with Gasteiger partial charge < -0.3 is 19.5 Å². The number of rotatable bonds is 6. The van der Waals surface area contributed by atoms with Gasteiger partial charge in [-0.25, -0.2) is 4.98 Å². The van der Waals surface area contributed by atoms with E-state index in [4.69, 9.17) is 14.7 Å². The lowest BCUT2D eigenvalue weighted by atomic mass is 10.1. The quantitative estimate of drug-likeness (QED) is 0.531. The summed E-state index contributed by atoms with van der Waals surface area (Å²) in [6.45, 7) is 6.75. The molecule has 0 bridgehead atoms. The average Bonchev–Trinajstić information content (AvgIpc) is 3.20. The summed E-state index contributed by atoms with van der Waals surface area (Å²) >= 11 is 0. The second-order valence-electron chi connectivity index (χ2n) is 7.62. The van der Waals surface area contributed by atoms with E-state index in [9.17, 15) is 0 Å². The maximum absolute atomic E-state index is 5.47. The number of aromatic nitrogens is 4. The standard InChI is InChI=1S/C23H26N6O/c1-2-9-24-21-20-22(27-23(26-21)28-10-12-30-13-11-28)25-16-29(20)15-17-7-8-18-5-3-4-6-19(18)14-17/h3-8,14,16H,2,9-13,15H2,1H3,(H,24,26,27). The van der Waals surface area contributed by atoms with Crippen LogP contribution in [0.1, 0.15) is 18.9 Å². The van der Waals surface area contributed by atoms with Gasteiger partial charge in [0.05, 0.1) is 19.5 Å². The first kappa shape index (κ1) is 18.8. The minimum atomic E-state index is 0.704. The monoisotopic (exact) mass is 402 g/mol. The van der Waals surface area contributed by atoms with Crippen LogP contribution in [0.4, 0.5) is 11.8 Å². The Morgan fingerprint density at radius 1 is 1.03 bits per heavy atom. The lowest BCUT2D eigenvalue weighted by Gasteiger charge is -2.27. The summed E-state index contributed by atoms with van der Waals surface area (Å²) in [5, 5.41) is 5.98. The molecule has 0 unspecified atom stereocenters. The first-order valence-electron chi connectivity index (χ1n) is 10.6. The van der Waals surface area contributed by atoms with Gasteiger partial charge in [0.1, 0.15) is 5.52 Å². The minimum absolute atomic E-state index is 0.704. The van der Waals surface area contributed by atoms with Crippen LogP contribution in [0.2, 0.25) is 0 Å². The predicted molar refractivity (Wildman–Crippen MR) is 120 cm³/mol. The molecule has 7 heteroatoms. The molecule has 0 atom stereocenters. The van der Waals surface area contributed by atoms with Crippen LogP contribution in [0.25, 0.3) is 21.9 Å². The van der Waals surface area contributed by atoms with Crippen molar-refractivity contribution >= 4 is 33.7 Å². The third kappa shape index (κ3) is 3.68. The van der Waals surface area contributed by atoms with Crippen molar-refractivity contribution in [2.45, 2.75) is 19.9 Å². The van der Waals surface area contributed by atoms with Crippen LogP contribution in [-0.2, 0) is 11.3 Å². The van der Waals surface area contributed by atoms with Gasteiger partial charge in [-0.3, -0.25) is 0 Å². The summed E-state index contributed by atoms with van der Waals surface area (Å²) < 4.78 is 7.61. The number of nitrogens with zero attached hydrogens (tertiary/aromatic N) is 5. The van der Waals surface area contributed by atoms with Crippen molar-refractivity contribution in [3.63, 3.8) is 0 Å². The molecule has 3 heterocycles. The minimum Gasteiger partial charge on any atom is -0.378 e. The Morgan fingerprint density at radius 3 is 2.70 bits per heavy atom. The Kier molecular flexibility index (Phi) is 5.19. The van der Waals surface area contributed by atoms with E-state index >= 15 is 0 Å². The van der Waals surface area contributed by atoms with Crippen LogP contribution in [0.5, 0.6) is 0 Å². The number of benzene rings is 2. The maximum Gasteiger partial charge on any atom is 0.229 e. The summed E-state index contributed by atoms with van der Waals surface area (Å²) in [6.07, 6.45) is 2.89. The molecule has 0 aliphatic carbocycles. The molecule has 1 N–H and O–H groups in total. The van der Waals surface area contributed by atoms with E-state index in [1.807, 2.05) is 6.33 Å². The molecule has 0 spiro atoms. The number of hydrogen-bond acceptors (Lipinski definition) is 6. The zero-order chi connectivity index (χ0) is 20.3. The summed E-state index contributed by atoms with van der Waals surface area (Å²) in [5.41, 5.74) is 2.91. The molecule has 4 aromatic rings. The third-order valence-corrected chi connectivity index (χ3v) is 5.46. The third-order valence-electron chi connectivity index (χ3n) is 5.46. The van der Waals surface area contributed by atoms with E-state index in [1.54, 1.807) is 0 Å². The SMILES string of the molecule is CCCNc1nc(N2CCOCC2)nc2ncn(Cc3ccc4ccccc4c3)c12. The zero-order valence-electron chi connectivity index (χ0n) is 17.2. The first-order valence-corrected chi connectivity index (χ1v) is 10.6. The van der Waals surface area contributed by atoms with Crippen LogP contribution >= 0.6 is 0 Å². The molecular weight excluding hydrogens is 376 g/mol. The summed E-state index contributed by atoms with van der Waals surface area (Å²) in [5.74, 6) is 1.57. The van der Waals surface area contributed by atoms with Crippen molar-refractivity contribution < 1.29 is 4.74 Å². The van der Waals surface area contributed by atoms with Crippen molar-refractivity contribution in [2.24, 2.45) is 0 Å². The number of morpholine rings is 1. The van der Waals surface area contributed by atoms with Crippen LogP contribution < -0.4 is 10.2 Å². The van der Waals surface area contributed by atoms with E-state index < -0.39 is 0 Å². The summed E-state index contributed by atoms with van der Waals surface area (Å²) in [4.78, 5) is 16.4. The Bertz CT molecular complexity index is 1170. The Balaban J connectivity index is 1.52. The first-order chi connectivity index (χ1) is 14.8. The molecule has 0 radical (unpaired) electrons. The second-order valence-corrected chi connectivity index (χ2v) is 7.62. The predicted octanol–water partition coefficient (Wildman–Crippen LogP) is 3.69. The molecule has 154 valence electrons. The number of nitrogens with one attached hydrogen (secondary N) is 1. The molecular formula is C23H26N6O. The van der Waals surface area contributed by atoms with Gasteiger partial charge in [0.15, 0.2) is 11.5 Å². The van der Waals surface area contributed by atoms with Gasteiger partial charge in [0.25, 0.3) is 0 Å². The van der Waals surface area contributed by atoms with Gasteiger partial charge in [-0.1, -0.05) is 43.3 Å². The summed E-state index contributed by atoms with van der Waals surface area (Å²) in [6, 6.07) is 15.0. The Morgan fingerprint density at radius 2 is 1.87 bits per heavy atom.